The van der Waals surface area contributed by atoms with Gasteiger partial charge in [-0.25, -0.2) is 4.79 Å². The third kappa shape index (κ3) is 2.36. The van der Waals surface area contributed by atoms with Crippen molar-refractivity contribution in [2.75, 3.05) is 13.7 Å². The van der Waals surface area contributed by atoms with Crippen molar-refractivity contribution < 1.29 is 19.1 Å². The third-order valence-electron chi connectivity index (χ3n) is 4.03. The second-order valence-corrected chi connectivity index (χ2v) is 5.51. The lowest BCUT2D eigenvalue weighted by Crippen LogP contribution is -2.57. The standard InChI is InChI=1S/C13H21NO4/c1-8-6-7-18-10(8)11(15)14-13(2,9-4-5-9)12(16)17-3/h8-10H,4-7H2,1-3H3,(H,14,15)/t8-,10-,13-/m1/s1. The average Bonchev–Trinajstić information content (AvgIpc) is 3.11. The summed E-state index contributed by atoms with van der Waals surface area (Å²) in [5.41, 5.74) is -0.905. The molecule has 5 nitrogen and oxygen atoms in total. The zero-order chi connectivity index (χ0) is 13.3. The van der Waals surface area contributed by atoms with E-state index in [9.17, 15) is 9.59 Å². The minimum atomic E-state index is -0.905. The number of amides is 1. The molecule has 1 aliphatic heterocycles. The van der Waals surface area contributed by atoms with Crippen LogP contribution in [-0.2, 0) is 19.1 Å². The molecule has 2 aliphatic rings. The fourth-order valence-corrected chi connectivity index (χ4v) is 2.55. The Labute approximate surface area is 107 Å². The first-order valence-corrected chi connectivity index (χ1v) is 6.51. The van der Waals surface area contributed by atoms with Crippen molar-refractivity contribution in [2.24, 2.45) is 11.8 Å². The van der Waals surface area contributed by atoms with Crippen molar-refractivity contribution in [1.29, 1.82) is 0 Å². The van der Waals surface area contributed by atoms with Gasteiger partial charge in [0.05, 0.1) is 7.11 Å². The molecule has 18 heavy (non-hydrogen) atoms. The fraction of sp³-hybridized carbons (Fsp3) is 0.846. The van der Waals surface area contributed by atoms with Gasteiger partial charge in [0.15, 0.2) is 0 Å². The summed E-state index contributed by atoms with van der Waals surface area (Å²) in [5, 5.41) is 2.84. The lowest BCUT2D eigenvalue weighted by atomic mass is 9.94. The van der Waals surface area contributed by atoms with E-state index in [1.807, 2.05) is 6.92 Å². The van der Waals surface area contributed by atoms with Crippen molar-refractivity contribution in [3.8, 4) is 0 Å². The third-order valence-corrected chi connectivity index (χ3v) is 4.03. The molecular weight excluding hydrogens is 234 g/mol. The van der Waals surface area contributed by atoms with E-state index < -0.39 is 11.6 Å². The molecule has 0 aromatic heterocycles. The number of hydrogen-bond donors (Lipinski definition) is 1. The molecule has 102 valence electrons. The van der Waals surface area contributed by atoms with E-state index >= 15 is 0 Å². The van der Waals surface area contributed by atoms with Gasteiger partial charge in [-0.1, -0.05) is 6.92 Å². The van der Waals surface area contributed by atoms with E-state index in [0.717, 1.165) is 19.3 Å². The first-order chi connectivity index (χ1) is 8.49. The predicted molar refractivity (Wildman–Crippen MR) is 64.8 cm³/mol. The molecule has 0 aromatic rings. The number of carbonyl (C=O) groups excluding carboxylic acids is 2. The van der Waals surface area contributed by atoms with Crippen molar-refractivity contribution in [2.45, 2.75) is 44.8 Å². The summed E-state index contributed by atoms with van der Waals surface area (Å²) in [4.78, 5) is 24.0. The molecule has 1 aliphatic carbocycles. The first kappa shape index (κ1) is 13.3. The van der Waals surface area contributed by atoms with Crippen molar-refractivity contribution in [3.05, 3.63) is 0 Å². The molecule has 0 aromatic carbocycles. The van der Waals surface area contributed by atoms with Crippen LogP contribution in [0.4, 0.5) is 0 Å². The Balaban J connectivity index is 2.05. The van der Waals surface area contributed by atoms with Crippen LogP contribution in [0.15, 0.2) is 0 Å². The summed E-state index contributed by atoms with van der Waals surface area (Å²) >= 11 is 0. The summed E-state index contributed by atoms with van der Waals surface area (Å²) < 4.78 is 10.2. The Morgan fingerprint density at radius 1 is 1.33 bits per heavy atom. The number of methoxy groups -OCH3 is 1. The normalized spacial score (nSPS) is 30.6. The lowest BCUT2D eigenvalue weighted by molar-refractivity contribution is -0.153. The van der Waals surface area contributed by atoms with E-state index in [2.05, 4.69) is 5.32 Å². The van der Waals surface area contributed by atoms with Crippen LogP contribution in [0.25, 0.3) is 0 Å². The molecule has 1 amide bonds. The van der Waals surface area contributed by atoms with Crippen molar-refractivity contribution in [3.63, 3.8) is 0 Å². The van der Waals surface area contributed by atoms with Gasteiger partial charge in [0, 0.05) is 6.61 Å². The molecule has 1 saturated carbocycles. The van der Waals surface area contributed by atoms with E-state index in [1.165, 1.54) is 7.11 Å². The van der Waals surface area contributed by atoms with Crippen LogP contribution >= 0.6 is 0 Å². The van der Waals surface area contributed by atoms with E-state index in [1.54, 1.807) is 6.92 Å². The van der Waals surface area contributed by atoms with Gasteiger partial charge >= 0.3 is 5.97 Å². The molecule has 0 radical (unpaired) electrons. The van der Waals surface area contributed by atoms with E-state index in [4.69, 9.17) is 9.47 Å². The highest BCUT2D eigenvalue weighted by Crippen LogP contribution is 2.40. The summed E-state index contributed by atoms with van der Waals surface area (Å²) in [6.07, 6.45) is 2.35. The number of carbonyl (C=O) groups is 2. The van der Waals surface area contributed by atoms with E-state index in [0.29, 0.717) is 6.61 Å². The number of esters is 1. The van der Waals surface area contributed by atoms with Crippen LogP contribution in [-0.4, -0.2) is 37.2 Å². The van der Waals surface area contributed by atoms with Crippen molar-refractivity contribution >= 4 is 11.9 Å². The van der Waals surface area contributed by atoms with Crippen LogP contribution < -0.4 is 5.32 Å². The van der Waals surface area contributed by atoms with Gasteiger partial charge in [-0.3, -0.25) is 4.79 Å². The van der Waals surface area contributed by atoms with Crippen LogP contribution in [0, 0.1) is 11.8 Å². The van der Waals surface area contributed by atoms with Gasteiger partial charge in [-0.2, -0.15) is 0 Å². The highest BCUT2D eigenvalue weighted by molar-refractivity contribution is 5.90. The Bertz CT molecular complexity index is 353. The number of hydrogen-bond acceptors (Lipinski definition) is 4. The lowest BCUT2D eigenvalue weighted by Gasteiger charge is -2.29. The predicted octanol–water partition coefficient (Wildman–Crippen LogP) is 0.869. The summed E-state index contributed by atoms with van der Waals surface area (Å²) in [7, 11) is 1.35. The minimum Gasteiger partial charge on any atom is -0.467 e. The molecule has 0 spiro atoms. The molecule has 5 heteroatoms. The van der Waals surface area contributed by atoms with Crippen LogP contribution in [0.5, 0.6) is 0 Å². The first-order valence-electron chi connectivity index (χ1n) is 6.51. The van der Waals surface area contributed by atoms with Gasteiger partial charge in [-0.05, 0) is 38.0 Å². The van der Waals surface area contributed by atoms with Gasteiger partial charge < -0.3 is 14.8 Å². The summed E-state index contributed by atoms with van der Waals surface area (Å²) in [5.74, 6) is -0.180. The molecular formula is C13H21NO4. The molecule has 1 saturated heterocycles. The second-order valence-electron chi connectivity index (χ2n) is 5.51. The molecule has 1 heterocycles. The Kier molecular flexibility index (Phi) is 3.61. The van der Waals surface area contributed by atoms with Gasteiger partial charge in [0.2, 0.25) is 5.91 Å². The molecule has 0 bridgehead atoms. The van der Waals surface area contributed by atoms with Crippen LogP contribution in [0.2, 0.25) is 0 Å². The van der Waals surface area contributed by atoms with Crippen molar-refractivity contribution in [1.82, 2.24) is 5.32 Å². The van der Waals surface area contributed by atoms with Crippen LogP contribution in [0.1, 0.15) is 33.1 Å². The summed E-state index contributed by atoms with van der Waals surface area (Å²) in [6, 6.07) is 0. The molecule has 2 fully saturated rings. The Hall–Kier alpha value is -1.10. The topological polar surface area (TPSA) is 64.6 Å². The summed E-state index contributed by atoms with van der Waals surface area (Å²) in [6.45, 7) is 4.34. The quantitative estimate of drug-likeness (QED) is 0.757. The zero-order valence-electron chi connectivity index (χ0n) is 11.2. The largest absolute Gasteiger partial charge is 0.467 e. The minimum absolute atomic E-state index is 0.186. The monoisotopic (exact) mass is 255 g/mol. The highest BCUT2D eigenvalue weighted by Gasteiger charge is 2.50. The Morgan fingerprint density at radius 3 is 2.44 bits per heavy atom. The molecule has 0 unspecified atom stereocenters. The van der Waals surface area contributed by atoms with Gasteiger partial charge in [0.25, 0.3) is 0 Å². The van der Waals surface area contributed by atoms with Crippen LogP contribution in [0.3, 0.4) is 0 Å². The Morgan fingerprint density at radius 2 is 2.00 bits per heavy atom. The highest BCUT2D eigenvalue weighted by atomic mass is 16.5. The molecule has 3 atom stereocenters. The zero-order valence-corrected chi connectivity index (χ0v) is 11.2. The smallest absolute Gasteiger partial charge is 0.331 e. The average molecular weight is 255 g/mol. The number of ether oxygens (including phenoxy) is 2. The number of nitrogens with one attached hydrogen (secondary N) is 1. The van der Waals surface area contributed by atoms with E-state index in [-0.39, 0.29) is 23.7 Å². The molecule has 1 N–H and O–H groups in total. The second kappa shape index (κ2) is 4.88. The fourth-order valence-electron chi connectivity index (χ4n) is 2.55. The SMILES string of the molecule is COC(=O)[C@](C)(NC(=O)[C@@H]1OCC[C@H]1C)C1CC1. The van der Waals surface area contributed by atoms with Gasteiger partial charge in [-0.15, -0.1) is 0 Å². The maximum atomic E-state index is 12.2. The maximum Gasteiger partial charge on any atom is 0.331 e. The maximum absolute atomic E-state index is 12.2. The van der Waals surface area contributed by atoms with Gasteiger partial charge in [0.1, 0.15) is 11.6 Å². The molecule has 2 rings (SSSR count). The number of rotatable bonds is 4.